The first kappa shape index (κ1) is 19.3. The molecule has 1 fully saturated rings. The lowest BCUT2D eigenvalue weighted by Gasteiger charge is -2.31. The van der Waals surface area contributed by atoms with E-state index in [0.717, 1.165) is 48.8 Å². The van der Waals surface area contributed by atoms with E-state index in [9.17, 15) is 8.42 Å². The van der Waals surface area contributed by atoms with Gasteiger partial charge in [0, 0.05) is 44.6 Å². The van der Waals surface area contributed by atoms with E-state index in [4.69, 9.17) is 9.97 Å². The summed E-state index contributed by atoms with van der Waals surface area (Å²) < 4.78 is 27.5. The monoisotopic (exact) mass is 401 g/mol. The average molecular weight is 402 g/mol. The molecule has 8 heteroatoms. The standard InChI is InChI=1S/C20H27N5O2S/c1-21-20-17-14-25(28(26,27)16-8-4-3-5-9-16)12-10-18(17)22-19(23-20)15-7-6-11-24(2)13-15/h3-5,8-9,15H,6-7,10-14H2,1-2H3,(H,21,22,23)/t15-/m1/s1. The highest BCUT2D eigenvalue weighted by Gasteiger charge is 2.32. The zero-order chi connectivity index (χ0) is 19.7. The second kappa shape index (κ2) is 7.77. The van der Waals surface area contributed by atoms with Gasteiger partial charge in [0.1, 0.15) is 11.6 Å². The fraction of sp³-hybridized carbons (Fsp3) is 0.500. The van der Waals surface area contributed by atoms with Crippen LogP contribution in [0.4, 0.5) is 5.82 Å². The van der Waals surface area contributed by atoms with Crippen molar-refractivity contribution in [1.29, 1.82) is 0 Å². The average Bonchev–Trinajstić information content (AvgIpc) is 2.73. The van der Waals surface area contributed by atoms with Crippen LogP contribution >= 0.6 is 0 Å². The third-order valence-electron chi connectivity index (χ3n) is 5.65. The van der Waals surface area contributed by atoms with E-state index < -0.39 is 10.0 Å². The summed E-state index contributed by atoms with van der Waals surface area (Å²) in [6.07, 6.45) is 2.86. The van der Waals surface area contributed by atoms with Crippen molar-refractivity contribution in [3.8, 4) is 0 Å². The Morgan fingerprint density at radius 3 is 2.64 bits per heavy atom. The minimum Gasteiger partial charge on any atom is -0.373 e. The molecule has 1 atom stereocenters. The maximum atomic E-state index is 13.0. The highest BCUT2D eigenvalue weighted by Crippen LogP contribution is 2.31. The molecule has 0 spiro atoms. The molecule has 3 heterocycles. The third kappa shape index (κ3) is 3.64. The summed E-state index contributed by atoms with van der Waals surface area (Å²) in [7, 11) is 0.448. The Hall–Kier alpha value is -2.03. The first-order valence-corrected chi connectivity index (χ1v) is 11.2. The van der Waals surface area contributed by atoms with Crippen LogP contribution in [0.2, 0.25) is 0 Å². The second-order valence-corrected chi connectivity index (χ2v) is 9.55. The minimum atomic E-state index is -3.52. The number of rotatable bonds is 4. The number of likely N-dealkylation sites (N-methyl/N-ethyl adjacent to an activating group) is 1. The van der Waals surface area contributed by atoms with Crippen molar-refractivity contribution in [1.82, 2.24) is 19.2 Å². The molecule has 0 unspecified atom stereocenters. The summed E-state index contributed by atoms with van der Waals surface area (Å²) in [5.41, 5.74) is 1.86. The number of piperidine rings is 1. The molecule has 0 aliphatic carbocycles. The van der Waals surface area contributed by atoms with Gasteiger partial charge in [-0.3, -0.25) is 0 Å². The van der Waals surface area contributed by atoms with E-state index in [1.807, 2.05) is 13.1 Å². The van der Waals surface area contributed by atoms with Gasteiger partial charge >= 0.3 is 0 Å². The maximum Gasteiger partial charge on any atom is 0.243 e. The summed E-state index contributed by atoms with van der Waals surface area (Å²) in [5, 5.41) is 3.17. The van der Waals surface area contributed by atoms with Crippen LogP contribution in [0.5, 0.6) is 0 Å². The van der Waals surface area contributed by atoms with Crippen molar-refractivity contribution in [3.63, 3.8) is 0 Å². The van der Waals surface area contributed by atoms with Gasteiger partial charge in [0.15, 0.2) is 0 Å². The summed E-state index contributed by atoms with van der Waals surface area (Å²) in [5.74, 6) is 1.97. The van der Waals surface area contributed by atoms with E-state index >= 15 is 0 Å². The molecule has 4 rings (SSSR count). The summed E-state index contributed by atoms with van der Waals surface area (Å²) in [6.45, 7) is 2.82. The van der Waals surface area contributed by atoms with Crippen molar-refractivity contribution >= 4 is 15.8 Å². The topological polar surface area (TPSA) is 78.4 Å². The minimum absolute atomic E-state index is 0.299. The van der Waals surface area contributed by atoms with E-state index in [1.165, 1.54) is 4.31 Å². The normalized spacial score (nSPS) is 21.3. The van der Waals surface area contributed by atoms with Gasteiger partial charge in [0.25, 0.3) is 0 Å². The van der Waals surface area contributed by atoms with Crippen molar-refractivity contribution in [3.05, 3.63) is 47.4 Å². The van der Waals surface area contributed by atoms with Gasteiger partial charge in [-0.2, -0.15) is 4.31 Å². The Morgan fingerprint density at radius 1 is 1.14 bits per heavy atom. The zero-order valence-electron chi connectivity index (χ0n) is 16.4. The molecular weight excluding hydrogens is 374 g/mol. The summed E-state index contributed by atoms with van der Waals surface area (Å²) in [4.78, 5) is 12.3. The Bertz CT molecular complexity index is 931. The SMILES string of the molecule is CNc1nc([C@@H]2CCCN(C)C2)nc2c1CN(S(=O)(=O)c1ccccc1)CC2. The Labute approximate surface area is 166 Å². The highest BCUT2D eigenvalue weighted by atomic mass is 32.2. The van der Waals surface area contributed by atoms with Crippen LogP contribution in [0.15, 0.2) is 35.2 Å². The fourth-order valence-electron chi connectivity index (χ4n) is 4.12. The molecular formula is C20H27N5O2S. The van der Waals surface area contributed by atoms with Crippen LogP contribution < -0.4 is 5.32 Å². The Balaban J connectivity index is 1.64. The van der Waals surface area contributed by atoms with Gasteiger partial charge in [-0.25, -0.2) is 18.4 Å². The van der Waals surface area contributed by atoms with E-state index in [1.54, 1.807) is 24.3 Å². The molecule has 0 saturated carbocycles. The van der Waals surface area contributed by atoms with Crippen molar-refractivity contribution in [2.45, 2.75) is 36.6 Å². The fourth-order valence-corrected chi connectivity index (χ4v) is 5.55. The van der Waals surface area contributed by atoms with E-state index in [0.29, 0.717) is 30.3 Å². The largest absolute Gasteiger partial charge is 0.373 e. The Morgan fingerprint density at radius 2 is 1.93 bits per heavy atom. The molecule has 0 amide bonds. The van der Waals surface area contributed by atoms with Crippen LogP contribution in [-0.2, 0) is 23.0 Å². The number of hydrogen-bond acceptors (Lipinski definition) is 6. The second-order valence-electron chi connectivity index (χ2n) is 7.61. The number of nitrogens with zero attached hydrogens (tertiary/aromatic N) is 4. The number of anilines is 1. The Kier molecular flexibility index (Phi) is 5.35. The van der Waals surface area contributed by atoms with E-state index in [-0.39, 0.29) is 0 Å². The van der Waals surface area contributed by atoms with Crippen molar-refractivity contribution in [2.75, 3.05) is 39.0 Å². The molecule has 28 heavy (non-hydrogen) atoms. The first-order valence-electron chi connectivity index (χ1n) is 9.80. The number of fused-ring (bicyclic) bond motifs is 1. The number of sulfonamides is 1. The molecule has 0 bridgehead atoms. The van der Waals surface area contributed by atoms with E-state index in [2.05, 4.69) is 17.3 Å². The van der Waals surface area contributed by atoms with Crippen molar-refractivity contribution < 1.29 is 8.42 Å². The van der Waals surface area contributed by atoms with Gasteiger partial charge in [-0.05, 0) is 38.6 Å². The summed E-state index contributed by atoms with van der Waals surface area (Å²) in [6, 6.07) is 8.61. The predicted molar refractivity (Wildman–Crippen MR) is 109 cm³/mol. The quantitative estimate of drug-likeness (QED) is 0.845. The van der Waals surface area contributed by atoms with Crippen molar-refractivity contribution in [2.24, 2.45) is 0 Å². The van der Waals surface area contributed by atoms with Gasteiger partial charge in [-0.1, -0.05) is 18.2 Å². The first-order chi connectivity index (χ1) is 13.5. The lowest BCUT2D eigenvalue weighted by Crippen LogP contribution is -2.37. The van der Waals surface area contributed by atoms with Gasteiger partial charge < -0.3 is 10.2 Å². The molecule has 7 nitrogen and oxygen atoms in total. The third-order valence-corrected chi connectivity index (χ3v) is 7.51. The van der Waals surface area contributed by atoms with Crippen LogP contribution in [0.25, 0.3) is 0 Å². The van der Waals surface area contributed by atoms with Crippen LogP contribution in [0.3, 0.4) is 0 Å². The maximum absolute atomic E-state index is 13.0. The van der Waals surface area contributed by atoms with Crippen LogP contribution in [-0.4, -0.2) is 61.3 Å². The molecule has 150 valence electrons. The molecule has 1 N–H and O–H groups in total. The highest BCUT2D eigenvalue weighted by molar-refractivity contribution is 7.89. The number of nitrogens with one attached hydrogen (secondary N) is 1. The molecule has 1 saturated heterocycles. The smallest absolute Gasteiger partial charge is 0.243 e. The number of aromatic nitrogens is 2. The zero-order valence-corrected chi connectivity index (χ0v) is 17.2. The molecule has 0 radical (unpaired) electrons. The van der Waals surface area contributed by atoms with Gasteiger partial charge in [-0.15, -0.1) is 0 Å². The van der Waals surface area contributed by atoms with Crippen LogP contribution in [0, 0.1) is 0 Å². The van der Waals surface area contributed by atoms with Crippen LogP contribution in [0.1, 0.15) is 35.8 Å². The molecule has 1 aromatic heterocycles. The number of benzene rings is 1. The van der Waals surface area contributed by atoms with Gasteiger partial charge in [0.2, 0.25) is 10.0 Å². The lowest BCUT2D eigenvalue weighted by molar-refractivity contribution is 0.245. The number of likely N-dealkylation sites (tertiary alicyclic amines) is 1. The molecule has 2 aliphatic rings. The summed E-state index contributed by atoms with van der Waals surface area (Å²) >= 11 is 0. The van der Waals surface area contributed by atoms with Gasteiger partial charge in [0.05, 0.1) is 10.6 Å². The number of hydrogen-bond donors (Lipinski definition) is 1. The molecule has 2 aromatic rings. The molecule has 1 aromatic carbocycles. The lowest BCUT2D eigenvalue weighted by atomic mass is 9.97. The predicted octanol–water partition coefficient (Wildman–Crippen LogP) is 2.07. The molecule has 2 aliphatic heterocycles.